The lowest BCUT2D eigenvalue weighted by molar-refractivity contribution is -0.122. The van der Waals surface area contributed by atoms with Crippen LogP contribution in [0.1, 0.15) is 18.7 Å². The van der Waals surface area contributed by atoms with E-state index < -0.39 is 5.69 Å². The monoisotopic (exact) mass is 313 g/mol. The number of para-hydroxylation sites is 1. The molecule has 0 unspecified atom stereocenters. The lowest BCUT2D eigenvalue weighted by atomic mass is 10.2. The third-order valence-corrected chi connectivity index (χ3v) is 3.28. The van der Waals surface area contributed by atoms with E-state index in [2.05, 4.69) is 15.7 Å². The minimum absolute atomic E-state index is 0.212. The number of nitrogens with zero attached hydrogens (tertiary/aromatic N) is 4. The zero-order chi connectivity index (χ0) is 16.2. The predicted octanol–water partition coefficient (Wildman–Crippen LogP) is 0.899. The molecule has 0 saturated carbocycles. The number of hydrogen-bond acceptors (Lipinski definition) is 5. The molecule has 3 rings (SSSR count). The maximum absolute atomic E-state index is 12.2. The van der Waals surface area contributed by atoms with Crippen molar-refractivity contribution in [3.05, 3.63) is 65.0 Å². The van der Waals surface area contributed by atoms with Crippen LogP contribution in [0, 0.1) is 0 Å². The minimum Gasteiger partial charge on any atom is -0.467 e. The molecule has 8 heteroatoms. The smallest absolute Gasteiger partial charge is 0.368 e. The summed E-state index contributed by atoms with van der Waals surface area (Å²) in [6, 6.07) is 12.1. The first-order valence-electron chi connectivity index (χ1n) is 7.06. The zero-order valence-corrected chi connectivity index (χ0v) is 12.4. The predicted molar refractivity (Wildman–Crippen MR) is 80.9 cm³/mol. The second kappa shape index (κ2) is 6.30. The van der Waals surface area contributed by atoms with Crippen molar-refractivity contribution >= 4 is 5.91 Å². The molecular formula is C15H15N5O3. The number of hydrogen-bond donors (Lipinski definition) is 1. The second-order valence-electron chi connectivity index (χ2n) is 4.97. The Morgan fingerprint density at radius 1 is 1.22 bits per heavy atom. The van der Waals surface area contributed by atoms with Crippen molar-refractivity contribution in [1.82, 2.24) is 25.1 Å². The normalized spacial score (nSPS) is 12.0. The quantitative estimate of drug-likeness (QED) is 0.755. The van der Waals surface area contributed by atoms with Crippen LogP contribution < -0.4 is 11.0 Å². The molecule has 2 aromatic heterocycles. The number of carbonyl (C=O) groups is 1. The van der Waals surface area contributed by atoms with Gasteiger partial charge in [0.05, 0.1) is 18.0 Å². The highest BCUT2D eigenvalue weighted by molar-refractivity contribution is 5.75. The summed E-state index contributed by atoms with van der Waals surface area (Å²) >= 11 is 0. The maximum atomic E-state index is 12.2. The fraction of sp³-hybridized carbons (Fsp3) is 0.200. The molecule has 0 spiro atoms. The van der Waals surface area contributed by atoms with Crippen LogP contribution in [0.3, 0.4) is 0 Å². The lowest BCUT2D eigenvalue weighted by Crippen LogP contribution is -2.34. The molecule has 1 atom stereocenters. The third-order valence-electron chi connectivity index (χ3n) is 3.28. The van der Waals surface area contributed by atoms with Gasteiger partial charge in [-0.05, 0) is 41.6 Å². The van der Waals surface area contributed by atoms with Gasteiger partial charge in [-0.2, -0.15) is 9.36 Å². The molecule has 0 aliphatic carbocycles. The summed E-state index contributed by atoms with van der Waals surface area (Å²) < 4.78 is 7.37. The van der Waals surface area contributed by atoms with Gasteiger partial charge in [0.1, 0.15) is 12.3 Å². The summed E-state index contributed by atoms with van der Waals surface area (Å²) in [4.78, 5) is 24.2. The molecule has 118 valence electrons. The van der Waals surface area contributed by atoms with Gasteiger partial charge >= 0.3 is 5.69 Å². The van der Waals surface area contributed by atoms with E-state index in [4.69, 9.17) is 4.42 Å². The van der Waals surface area contributed by atoms with E-state index in [0.717, 1.165) is 9.36 Å². The van der Waals surface area contributed by atoms with Crippen molar-refractivity contribution < 1.29 is 9.21 Å². The summed E-state index contributed by atoms with van der Waals surface area (Å²) in [6.45, 7) is 1.58. The number of carbonyl (C=O) groups excluding carboxylic acids is 1. The lowest BCUT2D eigenvalue weighted by Gasteiger charge is -2.10. The summed E-state index contributed by atoms with van der Waals surface area (Å²) in [5.41, 5.74) is 0.116. The average Bonchev–Trinajstić information content (AvgIpc) is 3.19. The fourth-order valence-electron chi connectivity index (χ4n) is 2.14. The van der Waals surface area contributed by atoms with Crippen LogP contribution in [0.4, 0.5) is 0 Å². The molecule has 3 aromatic rings. The highest BCUT2D eigenvalue weighted by Crippen LogP contribution is 2.11. The van der Waals surface area contributed by atoms with Crippen LogP contribution >= 0.6 is 0 Å². The van der Waals surface area contributed by atoms with Gasteiger partial charge in [0, 0.05) is 0 Å². The largest absolute Gasteiger partial charge is 0.467 e. The molecule has 0 radical (unpaired) electrons. The van der Waals surface area contributed by atoms with E-state index in [9.17, 15) is 9.59 Å². The number of benzene rings is 1. The Labute approximate surface area is 131 Å². The number of furan rings is 1. The van der Waals surface area contributed by atoms with E-state index in [-0.39, 0.29) is 18.5 Å². The molecule has 1 amide bonds. The van der Waals surface area contributed by atoms with Crippen LogP contribution in [0.2, 0.25) is 0 Å². The van der Waals surface area contributed by atoms with Crippen LogP contribution in [-0.2, 0) is 11.3 Å². The molecule has 1 aromatic carbocycles. The highest BCUT2D eigenvalue weighted by atomic mass is 16.3. The fourth-order valence-corrected chi connectivity index (χ4v) is 2.14. The molecule has 0 fully saturated rings. The summed E-state index contributed by atoms with van der Waals surface area (Å²) in [6.07, 6.45) is 1.54. The van der Waals surface area contributed by atoms with Crippen LogP contribution in [-0.4, -0.2) is 25.7 Å². The first-order chi connectivity index (χ1) is 11.1. The van der Waals surface area contributed by atoms with Gasteiger partial charge in [0.15, 0.2) is 0 Å². The van der Waals surface area contributed by atoms with Crippen molar-refractivity contribution in [2.75, 3.05) is 0 Å². The van der Waals surface area contributed by atoms with Gasteiger partial charge in [0.2, 0.25) is 5.91 Å². The molecule has 0 aliphatic rings. The number of rotatable bonds is 5. The van der Waals surface area contributed by atoms with E-state index in [1.165, 1.54) is 6.26 Å². The third kappa shape index (κ3) is 3.20. The first kappa shape index (κ1) is 14.8. The van der Waals surface area contributed by atoms with Crippen molar-refractivity contribution in [2.24, 2.45) is 0 Å². The molecule has 2 heterocycles. The molecule has 0 aliphatic heterocycles. The molecular weight excluding hydrogens is 298 g/mol. The van der Waals surface area contributed by atoms with Gasteiger partial charge in [-0.1, -0.05) is 18.2 Å². The van der Waals surface area contributed by atoms with Crippen LogP contribution in [0.5, 0.6) is 0 Å². The Morgan fingerprint density at radius 2 is 2.00 bits per heavy atom. The number of aromatic nitrogens is 4. The first-order valence-corrected chi connectivity index (χ1v) is 7.06. The van der Waals surface area contributed by atoms with Gasteiger partial charge in [-0.3, -0.25) is 4.79 Å². The Morgan fingerprint density at radius 3 is 2.70 bits per heavy atom. The van der Waals surface area contributed by atoms with Crippen molar-refractivity contribution in [3.63, 3.8) is 0 Å². The summed E-state index contributed by atoms with van der Waals surface area (Å²) in [5, 5.41) is 10.3. The topological polar surface area (TPSA) is 95.0 Å². The Hall–Kier alpha value is -3.16. The minimum atomic E-state index is -0.475. The SMILES string of the molecule is C[C@H](NC(=O)Cn1nnn(-c2ccccc2)c1=O)c1ccco1. The second-order valence-corrected chi connectivity index (χ2v) is 4.97. The van der Waals surface area contributed by atoms with E-state index in [0.29, 0.717) is 11.4 Å². The maximum Gasteiger partial charge on any atom is 0.368 e. The van der Waals surface area contributed by atoms with Crippen molar-refractivity contribution in [3.8, 4) is 5.69 Å². The van der Waals surface area contributed by atoms with Gasteiger partial charge in [-0.25, -0.2) is 4.79 Å². The Kier molecular flexibility index (Phi) is 4.05. The Bertz CT molecular complexity index is 836. The Balaban J connectivity index is 1.70. The van der Waals surface area contributed by atoms with E-state index in [1.807, 2.05) is 6.07 Å². The molecule has 0 saturated heterocycles. The van der Waals surface area contributed by atoms with Crippen LogP contribution in [0.15, 0.2) is 57.9 Å². The van der Waals surface area contributed by atoms with Crippen molar-refractivity contribution in [1.29, 1.82) is 0 Å². The summed E-state index contributed by atoms with van der Waals surface area (Å²) in [7, 11) is 0. The molecule has 0 bridgehead atoms. The zero-order valence-electron chi connectivity index (χ0n) is 12.4. The highest BCUT2D eigenvalue weighted by Gasteiger charge is 2.15. The average molecular weight is 313 g/mol. The van der Waals surface area contributed by atoms with Crippen molar-refractivity contribution in [2.45, 2.75) is 19.5 Å². The molecule has 23 heavy (non-hydrogen) atoms. The van der Waals surface area contributed by atoms with E-state index in [1.54, 1.807) is 43.3 Å². The number of tetrazole rings is 1. The summed E-state index contributed by atoms with van der Waals surface area (Å²) in [5.74, 6) is 0.287. The van der Waals surface area contributed by atoms with Crippen LogP contribution in [0.25, 0.3) is 5.69 Å². The molecule has 1 N–H and O–H groups in total. The number of amides is 1. The van der Waals surface area contributed by atoms with Gasteiger partial charge in [-0.15, -0.1) is 0 Å². The standard InChI is InChI=1S/C15H15N5O3/c1-11(13-8-5-9-23-13)16-14(21)10-19-15(22)20(18-17-19)12-6-3-2-4-7-12/h2-9,11H,10H2,1H3,(H,16,21)/t11-/m0/s1. The van der Waals surface area contributed by atoms with E-state index >= 15 is 0 Å². The van der Waals surface area contributed by atoms with Gasteiger partial charge < -0.3 is 9.73 Å². The number of nitrogens with one attached hydrogen (secondary N) is 1. The van der Waals surface area contributed by atoms with Gasteiger partial charge in [0.25, 0.3) is 0 Å². The molecule has 8 nitrogen and oxygen atoms in total.